The molecule has 0 fully saturated rings. The molecule has 0 aliphatic rings. The van der Waals surface area contributed by atoms with Crippen molar-refractivity contribution in [2.24, 2.45) is 0 Å². The van der Waals surface area contributed by atoms with Crippen LogP contribution in [0.4, 0.5) is 5.69 Å². The number of carbonyl (C=O) groups excluding carboxylic acids is 2. The summed E-state index contributed by atoms with van der Waals surface area (Å²) in [4.78, 5) is 24.6. The zero-order chi connectivity index (χ0) is 20.8. The highest BCUT2D eigenvalue weighted by Gasteiger charge is 2.18. The van der Waals surface area contributed by atoms with Crippen LogP contribution in [0.2, 0.25) is 0 Å². The molecule has 0 atom stereocenters. The lowest BCUT2D eigenvalue weighted by Crippen LogP contribution is -2.13. The number of carbonyl (C=O) groups is 2. The summed E-state index contributed by atoms with van der Waals surface area (Å²) in [5.74, 6) is -0.250. The van der Waals surface area contributed by atoms with Crippen molar-refractivity contribution < 1.29 is 23.8 Å². The van der Waals surface area contributed by atoms with Gasteiger partial charge in [-0.2, -0.15) is 0 Å². The van der Waals surface area contributed by atoms with E-state index in [4.69, 9.17) is 14.2 Å². The Labute approximate surface area is 168 Å². The number of rotatable bonds is 6. The Balaban J connectivity index is 1.89. The molecule has 0 aromatic heterocycles. The van der Waals surface area contributed by atoms with Crippen molar-refractivity contribution in [3.05, 3.63) is 71.8 Å². The summed E-state index contributed by atoms with van der Waals surface area (Å²) in [6, 6.07) is 16.8. The van der Waals surface area contributed by atoms with Gasteiger partial charge in [0.2, 0.25) is 5.91 Å². The third kappa shape index (κ3) is 4.38. The van der Waals surface area contributed by atoms with Crippen molar-refractivity contribution in [2.75, 3.05) is 26.6 Å². The van der Waals surface area contributed by atoms with Gasteiger partial charge >= 0.3 is 5.97 Å². The average Bonchev–Trinajstić information content (AvgIpc) is 2.76. The van der Waals surface area contributed by atoms with E-state index in [1.807, 2.05) is 42.5 Å². The predicted octanol–water partition coefficient (Wildman–Crippen LogP) is 4.30. The molecule has 0 saturated carbocycles. The molecule has 0 heterocycles. The lowest BCUT2D eigenvalue weighted by Gasteiger charge is -2.14. The van der Waals surface area contributed by atoms with E-state index in [1.54, 1.807) is 6.08 Å². The van der Waals surface area contributed by atoms with Crippen molar-refractivity contribution >= 4 is 34.4 Å². The maximum Gasteiger partial charge on any atom is 0.340 e. The van der Waals surface area contributed by atoms with E-state index in [0.29, 0.717) is 11.5 Å². The molecule has 1 N–H and O–H groups in total. The fourth-order valence-electron chi connectivity index (χ4n) is 3.00. The second kappa shape index (κ2) is 8.93. The highest BCUT2D eigenvalue weighted by atomic mass is 16.5. The molecule has 6 heteroatoms. The Morgan fingerprint density at radius 3 is 2.31 bits per heavy atom. The van der Waals surface area contributed by atoms with Gasteiger partial charge in [0.15, 0.2) is 11.5 Å². The molecule has 0 saturated heterocycles. The minimum atomic E-state index is -0.598. The van der Waals surface area contributed by atoms with E-state index in [1.165, 1.54) is 39.5 Å². The molecule has 0 unspecified atom stereocenters. The van der Waals surface area contributed by atoms with Crippen LogP contribution in [0.1, 0.15) is 15.9 Å². The standard InChI is InChI=1S/C23H21NO5/c1-27-20-13-18(23(26)29-3)19(14-21(20)28-2)24-22(25)12-11-16-9-6-8-15-7-4-5-10-17(15)16/h4-14H,1-3H3,(H,24,25)/b12-11+. The molecular formula is C23H21NO5. The summed E-state index contributed by atoms with van der Waals surface area (Å²) in [6.07, 6.45) is 3.15. The summed E-state index contributed by atoms with van der Waals surface area (Å²) in [7, 11) is 4.21. The fraction of sp³-hybridized carbons (Fsp3) is 0.130. The van der Waals surface area contributed by atoms with E-state index >= 15 is 0 Å². The van der Waals surface area contributed by atoms with Gasteiger partial charge in [-0.05, 0) is 22.4 Å². The van der Waals surface area contributed by atoms with E-state index in [9.17, 15) is 9.59 Å². The van der Waals surface area contributed by atoms with Crippen LogP contribution in [0.25, 0.3) is 16.8 Å². The topological polar surface area (TPSA) is 73.9 Å². The summed E-state index contributed by atoms with van der Waals surface area (Å²) >= 11 is 0. The largest absolute Gasteiger partial charge is 0.493 e. The fourth-order valence-corrected chi connectivity index (χ4v) is 3.00. The van der Waals surface area contributed by atoms with Crippen LogP contribution in [-0.2, 0) is 9.53 Å². The first kappa shape index (κ1) is 19.9. The maximum atomic E-state index is 12.5. The zero-order valence-electron chi connectivity index (χ0n) is 16.4. The van der Waals surface area contributed by atoms with Crippen LogP contribution in [-0.4, -0.2) is 33.2 Å². The lowest BCUT2D eigenvalue weighted by molar-refractivity contribution is -0.111. The van der Waals surface area contributed by atoms with Gasteiger partial charge in [-0.1, -0.05) is 42.5 Å². The number of esters is 1. The van der Waals surface area contributed by atoms with Crippen LogP contribution in [0.5, 0.6) is 11.5 Å². The van der Waals surface area contributed by atoms with E-state index in [0.717, 1.165) is 16.3 Å². The molecule has 29 heavy (non-hydrogen) atoms. The van der Waals surface area contributed by atoms with Crippen molar-refractivity contribution in [3.8, 4) is 11.5 Å². The number of fused-ring (bicyclic) bond motifs is 1. The van der Waals surface area contributed by atoms with Gasteiger partial charge in [0.1, 0.15) is 0 Å². The number of hydrogen-bond acceptors (Lipinski definition) is 5. The average molecular weight is 391 g/mol. The van der Waals surface area contributed by atoms with Crippen molar-refractivity contribution in [2.45, 2.75) is 0 Å². The van der Waals surface area contributed by atoms with Gasteiger partial charge in [-0.15, -0.1) is 0 Å². The van der Waals surface area contributed by atoms with E-state index in [2.05, 4.69) is 5.32 Å². The Kier molecular flexibility index (Phi) is 6.14. The molecular weight excluding hydrogens is 370 g/mol. The highest BCUT2D eigenvalue weighted by molar-refractivity contribution is 6.07. The van der Waals surface area contributed by atoms with Crippen LogP contribution in [0.3, 0.4) is 0 Å². The summed E-state index contributed by atoms with van der Waals surface area (Å²) in [6.45, 7) is 0. The molecule has 0 aliphatic heterocycles. The third-order valence-electron chi connectivity index (χ3n) is 4.42. The molecule has 0 aliphatic carbocycles. The molecule has 0 radical (unpaired) electrons. The monoisotopic (exact) mass is 391 g/mol. The highest BCUT2D eigenvalue weighted by Crippen LogP contribution is 2.33. The van der Waals surface area contributed by atoms with Gasteiger partial charge in [-0.25, -0.2) is 4.79 Å². The first-order valence-electron chi connectivity index (χ1n) is 8.88. The predicted molar refractivity (Wildman–Crippen MR) is 112 cm³/mol. The first-order chi connectivity index (χ1) is 14.1. The van der Waals surface area contributed by atoms with Crippen molar-refractivity contribution in [1.82, 2.24) is 0 Å². The zero-order valence-corrected chi connectivity index (χ0v) is 16.4. The van der Waals surface area contributed by atoms with Crippen molar-refractivity contribution in [3.63, 3.8) is 0 Å². The normalized spacial score (nSPS) is 10.7. The Morgan fingerprint density at radius 2 is 1.59 bits per heavy atom. The Hall–Kier alpha value is -3.80. The molecule has 3 aromatic carbocycles. The SMILES string of the molecule is COC(=O)c1cc(OC)c(OC)cc1NC(=O)/C=C/c1cccc2ccccc12. The van der Waals surface area contributed by atoms with Crippen LogP contribution >= 0.6 is 0 Å². The molecule has 3 rings (SSSR count). The molecule has 6 nitrogen and oxygen atoms in total. The molecule has 148 valence electrons. The number of benzene rings is 3. The van der Waals surface area contributed by atoms with Crippen LogP contribution in [0.15, 0.2) is 60.7 Å². The third-order valence-corrected chi connectivity index (χ3v) is 4.42. The molecule has 0 bridgehead atoms. The minimum Gasteiger partial charge on any atom is -0.493 e. The second-order valence-electron chi connectivity index (χ2n) is 6.14. The van der Waals surface area contributed by atoms with E-state index in [-0.39, 0.29) is 11.3 Å². The number of hydrogen-bond donors (Lipinski definition) is 1. The Morgan fingerprint density at radius 1 is 0.897 bits per heavy atom. The van der Waals surface area contributed by atoms with Gasteiger partial charge in [0.05, 0.1) is 32.6 Å². The molecule has 0 spiro atoms. The molecule has 1 amide bonds. The maximum absolute atomic E-state index is 12.5. The van der Waals surface area contributed by atoms with E-state index < -0.39 is 11.9 Å². The number of amides is 1. The van der Waals surface area contributed by atoms with Crippen LogP contribution < -0.4 is 14.8 Å². The minimum absolute atomic E-state index is 0.164. The summed E-state index contributed by atoms with van der Waals surface area (Å²) in [5.41, 5.74) is 1.35. The smallest absolute Gasteiger partial charge is 0.340 e. The van der Waals surface area contributed by atoms with Crippen LogP contribution in [0, 0.1) is 0 Å². The van der Waals surface area contributed by atoms with Crippen molar-refractivity contribution in [1.29, 1.82) is 0 Å². The Bertz CT molecular complexity index is 1080. The summed E-state index contributed by atoms with van der Waals surface area (Å²) in [5, 5.41) is 4.84. The van der Waals surface area contributed by atoms with Gasteiger partial charge in [0, 0.05) is 18.2 Å². The summed E-state index contributed by atoms with van der Waals surface area (Å²) < 4.78 is 15.3. The lowest BCUT2D eigenvalue weighted by atomic mass is 10.0. The van der Waals surface area contributed by atoms with Gasteiger partial charge < -0.3 is 19.5 Å². The number of ether oxygens (including phenoxy) is 3. The van der Waals surface area contributed by atoms with Gasteiger partial charge in [-0.3, -0.25) is 4.79 Å². The second-order valence-corrected chi connectivity index (χ2v) is 6.14. The number of nitrogens with one attached hydrogen (secondary N) is 1. The number of methoxy groups -OCH3 is 3. The number of anilines is 1. The van der Waals surface area contributed by atoms with Gasteiger partial charge in [0.25, 0.3) is 0 Å². The quantitative estimate of drug-likeness (QED) is 0.501. The first-order valence-corrected chi connectivity index (χ1v) is 8.88. The molecule has 3 aromatic rings.